The molecule has 0 aromatic carbocycles. The predicted molar refractivity (Wildman–Crippen MR) is 64.8 cm³/mol. The SMILES string of the molecule is N#Cc1ccnnc1OCCCc1ccncc1. The summed E-state index contributed by atoms with van der Waals surface area (Å²) in [7, 11) is 0. The van der Waals surface area contributed by atoms with Gasteiger partial charge < -0.3 is 4.74 Å². The van der Waals surface area contributed by atoms with Crippen molar-refractivity contribution in [1.29, 1.82) is 5.26 Å². The molecule has 0 aliphatic carbocycles. The van der Waals surface area contributed by atoms with Crippen molar-refractivity contribution >= 4 is 0 Å². The molecule has 0 amide bonds. The molecule has 5 heteroatoms. The number of aryl methyl sites for hydroxylation is 1. The number of hydrogen-bond donors (Lipinski definition) is 0. The average molecular weight is 240 g/mol. The number of nitrogens with zero attached hydrogens (tertiary/aromatic N) is 4. The van der Waals surface area contributed by atoms with E-state index in [1.165, 1.54) is 11.8 Å². The molecule has 0 saturated carbocycles. The Balaban J connectivity index is 1.81. The third kappa shape index (κ3) is 3.25. The van der Waals surface area contributed by atoms with Gasteiger partial charge in [0.2, 0.25) is 0 Å². The highest BCUT2D eigenvalue weighted by Gasteiger charge is 2.03. The Kier molecular flexibility index (Phi) is 4.20. The average Bonchev–Trinajstić information content (AvgIpc) is 2.45. The fourth-order valence-electron chi connectivity index (χ4n) is 1.51. The van der Waals surface area contributed by atoms with Gasteiger partial charge >= 0.3 is 0 Å². The standard InChI is InChI=1S/C13H12N4O/c14-10-12-5-8-16-17-13(12)18-9-1-2-11-3-6-15-7-4-11/h3-8H,1-2,9H2. The maximum absolute atomic E-state index is 8.85. The minimum absolute atomic E-state index is 0.301. The second-order valence-corrected chi connectivity index (χ2v) is 3.67. The van der Waals surface area contributed by atoms with Crippen LogP contribution in [0.5, 0.6) is 5.88 Å². The van der Waals surface area contributed by atoms with Crippen LogP contribution in [0.4, 0.5) is 0 Å². The number of hydrogen-bond acceptors (Lipinski definition) is 5. The van der Waals surface area contributed by atoms with E-state index in [1.807, 2.05) is 18.2 Å². The lowest BCUT2D eigenvalue weighted by molar-refractivity contribution is 0.295. The molecular weight excluding hydrogens is 228 g/mol. The van der Waals surface area contributed by atoms with Crippen LogP contribution in [0.15, 0.2) is 36.8 Å². The van der Waals surface area contributed by atoms with Gasteiger partial charge in [0.05, 0.1) is 12.8 Å². The maximum atomic E-state index is 8.85. The van der Waals surface area contributed by atoms with Crippen LogP contribution in [-0.4, -0.2) is 21.8 Å². The lowest BCUT2D eigenvalue weighted by Crippen LogP contribution is -2.03. The zero-order chi connectivity index (χ0) is 12.6. The Hall–Kier alpha value is -2.48. The number of pyridine rings is 1. The first kappa shape index (κ1) is 12.0. The van der Waals surface area contributed by atoms with Crippen molar-refractivity contribution in [2.24, 2.45) is 0 Å². The van der Waals surface area contributed by atoms with E-state index in [-0.39, 0.29) is 0 Å². The lowest BCUT2D eigenvalue weighted by atomic mass is 10.1. The molecule has 5 nitrogen and oxygen atoms in total. The van der Waals surface area contributed by atoms with Gasteiger partial charge in [-0.05, 0) is 36.6 Å². The van der Waals surface area contributed by atoms with Gasteiger partial charge in [0.25, 0.3) is 5.88 Å². The normalized spacial score (nSPS) is 9.72. The van der Waals surface area contributed by atoms with Crippen LogP contribution in [0.3, 0.4) is 0 Å². The Labute approximate surface area is 105 Å². The minimum atomic E-state index is 0.301. The second kappa shape index (κ2) is 6.30. The van der Waals surface area contributed by atoms with Gasteiger partial charge in [-0.1, -0.05) is 0 Å². The van der Waals surface area contributed by atoms with Crippen LogP contribution >= 0.6 is 0 Å². The molecule has 0 N–H and O–H groups in total. The van der Waals surface area contributed by atoms with E-state index in [4.69, 9.17) is 10.00 Å². The summed E-state index contributed by atoms with van der Waals surface area (Å²) in [6, 6.07) is 7.56. The third-order valence-corrected chi connectivity index (χ3v) is 2.41. The van der Waals surface area contributed by atoms with Crippen molar-refractivity contribution in [3.63, 3.8) is 0 Å². The summed E-state index contributed by atoms with van der Waals surface area (Å²) >= 11 is 0. The van der Waals surface area contributed by atoms with Crippen LogP contribution in [0.1, 0.15) is 17.5 Å². The van der Waals surface area contributed by atoms with Crippen LogP contribution in [0, 0.1) is 11.3 Å². The van der Waals surface area contributed by atoms with Gasteiger partial charge in [0.1, 0.15) is 11.6 Å². The minimum Gasteiger partial charge on any atom is -0.476 e. The maximum Gasteiger partial charge on any atom is 0.251 e. The molecule has 0 spiro atoms. The van der Waals surface area contributed by atoms with Gasteiger partial charge in [0.15, 0.2) is 0 Å². The Bertz CT molecular complexity index is 536. The summed E-state index contributed by atoms with van der Waals surface area (Å²) in [5.74, 6) is 0.301. The summed E-state index contributed by atoms with van der Waals surface area (Å²) in [5, 5.41) is 16.3. The number of ether oxygens (including phenoxy) is 1. The summed E-state index contributed by atoms with van der Waals surface area (Å²) in [6.07, 6.45) is 6.78. The third-order valence-electron chi connectivity index (χ3n) is 2.41. The van der Waals surface area contributed by atoms with Crippen LogP contribution < -0.4 is 4.74 Å². The monoisotopic (exact) mass is 240 g/mol. The largest absolute Gasteiger partial charge is 0.476 e. The molecule has 0 aliphatic heterocycles. The number of rotatable bonds is 5. The second-order valence-electron chi connectivity index (χ2n) is 3.67. The topological polar surface area (TPSA) is 71.7 Å². The van der Waals surface area contributed by atoms with Crippen molar-refractivity contribution in [2.45, 2.75) is 12.8 Å². The van der Waals surface area contributed by atoms with Crippen molar-refractivity contribution in [3.05, 3.63) is 47.9 Å². The molecule has 2 aromatic rings. The van der Waals surface area contributed by atoms with Gasteiger partial charge in [-0.15, -0.1) is 5.10 Å². The number of nitriles is 1. The van der Waals surface area contributed by atoms with Gasteiger partial charge in [-0.3, -0.25) is 4.98 Å². The first-order valence-electron chi connectivity index (χ1n) is 5.63. The van der Waals surface area contributed by atoms with E-state index in [9.17, 15) is 0 Å². The molecule has 0 bridgehead atoms. The van der Waals surface area contributed by atoms with Crippen molar-refractivity contribution < 1.29 is 4.74 Å². The summed E-state index contributed by atoms with van der Waals surface area (Å²) in [6.45, 7) is 0.510. The molecule has 0 fully saturated rings. The molecule has 2 rings (SSSR count). The molecule has 0 aliphatic rings. The van der Waals surface area contributed by atoms with Crippen LogP contribution in [-0.2, 0) is 6.42 Å². The quantitative estimate of drug-likeness (QED) is 0.744. The van der Waals surface area contributed by atoms with Crippen molar-refractivity contribution in [1.82, 2.24) is 15.2 Å². The first-order valence-corrected chi connectivity index (χ1v) is 5.63. The molecule has 18 heavy (non-hydrogen) atoms. The van der Waals surface area contributed by atoms with E-state index >= 15 is 0 Å². The van der Waals surface area contributed by atoms with Gasteiger partial charge in [-0.25, -0.2) is 0 Å². The molecule has 0 saturated heterocycles. The Morgan fingerprint density at radius 2 is 2.00 bits per heavy atom. The smallest absolute Gasteiger partial charge is 0.251 e. The molecule has 0 radical (unpaired) electrons. The van der Waals surface area contributed by atoms with E-state index in [0.717, 1.165) is 12.8 Å². The highest BCUT2D eigenvalue weighted by atomic mass is 16.5. The predicted octanol–water partition coefficient (Wildman–Crippen LogP) is 1.75. The van der Waals surface area contributed by atoms with Crippen LogP contribution in [0.2, 0.25) is 0 Å². The molecule has 2 heterocycles. The summed E-state index contributed by atoms with van der Waals surface area (Å²) < 4.78 is 5.44. The zero-order valence-corrected chi connectivity index (χ0v) is 9.78. The van der Waals surface area contributed by atoms with Crippen molar-refractivity contribution in [3.8, 4) is 11.9 Å². The van der Waals surface area contributed by atoms with E-state index in [2.05, 4.69) is 15.2 Å². The van der Waals surface area contributed by atoms with Crippen LogP contribution in [0.25, 0.3) is 0 Å². The first-order chi connectivity index (χ1) is 8.90. The highest BCUT2D eigenvalue weighted by Crippen LogP contribution is 2.11. The number of aromatic nitrogens is 3. The van der Waals surface area contributed by atoms with E-state index in [1.54, 1.807) is 18.5 Å². The van der Waals surface area contributed by atoms with Crippen molar-refractivity contribution in [2.75, 3.05) is 6.61 Å². The fourth-order valence-corrected chi connectivity index (χ4v) is 1.51. The molecule has 2 aromatic heterocycles. The van der Waals surface area contributed by atoms with E-state index in [0.29, 0.717) is 18.1 Å². The lowest BCUT2D eigenvalue weighted by Gasteiger charge is -2.05. The van der Waals surface area contributed by atoms with E-state index < -0.39 is 0 Å². The highest BCUT2D eigenvalue weighted by molar-refractivity contribution is 5.35. The molecular formula is C13H12N4O. The molecule has 0 atom stereocenters. The summed E-state index contributed by atoms with van der Waals surface area (Å²) in [5.41, 5.74) is 1.63. The molecule has 90 valence electrons. The Morgan fingerprint density at radius 1 is 1.17 bits per heavy atom. The Morgan fingerprint density at radius 3 is 2.78 bits per heavy atom. The van der Waals surface area contributed by atoms with Gasteiger partial charge in [-0.2, -0.15) is 10.4 Å². The van der Waals surface area contributed by atoms with Gasteiger partial charge in [0, 0.05) is 12.4 Å². The molecule has 0 unspecified atom stereocenters. The zero-order valence-electron chi connectivity index (χ0n) is 9.78. The summed E-state index contributed by atoms with van der Waals surface area (Å²) in [4.78, 5) is 3.96. The fraction of sp³-hybridized carbons (Fsp3) is 0.231.